The third kappa shape index (κ3) is 11.6. The molecule has 3 aromatic rings. The predicted octanol–water partition coefficient (Wildman–Crippen LogP) is 5.80. The Morgan fingerprint density at radius 3 is 1.82 bits per heavy atom. The van der Waals surface area contributed by atoms with Gasteiger partial charge in [0.25, 0.3) is 5.91 Å². The first-order chi connectivity index (χ1) is 23.7. The van der Waals surface area contributed by atoms with E-state index in [1.807, 2.05) is 22.8 Å². The van der Waals surface area contributed by atoms with Crippen LogP contribution in [0.15, 0.2) is 60.7 Å². The Hall–Kier alpha value is -4.37. The van der Waals surface area contributed by atoms with Gasteiger partial charge in [-0.3, -0.25) is 9.69 Å². The SMILES string of the molecule is C[C@H](Cc1cc2c(c(C(N)=O)c1)N(CCCO)CC2)N(CCOc1ccccc1OCC(F)(F)F)CCOc1ccccc1OCC(F)(F)F. The number of alkyl halides is 6. The second-order valence-corrected chi connectivity index (χ2v) is 11.8. The summed E-state index contributed by atoms with van der Waals surface area (Å²) >= 11 is 0. The molecule has 3 N–H and O–H groups in total. The van der Waals surface area contributed by atoms with Crippen molar-refractivity contribution in [3.8, 4) is 23.0 Å². The van der Waals surface area contributed by atoms with Crippen molar-refractivity contribution in [2.24, 2.45) is 5.73 Å². The fourth-order valence-electron chi connectivity index (χ4n) is 5.75. The summed E-state index contributed by atoms with van der Waals surface area (Å²) in [5, 5.41) is 9.30. The van der Waals surface area contributed by atoms with E-state index in [1.54, 1.807) is 18.2 Å². The van der Waals surface area contributed by atoms with Crippen molar-refractivity contribution in [3.63, 3.8) is 0 Å². The summed E-state index contributed by atoms with van der Waals surface area (Å²) in [6, 6.07) is 15.6. The van der Waals surface area contributed by atoms with Gasteiger partial charge in [-0.25, -0.2) is 0 Å². The average molecular weight is 714 g/mol. The van der Waals surface area contributed by atoms with Crippen molar-refractivity contribution in [3.05, 3.63) is 77.4 Å². The van der Waals surface area contributed by atoms with Gasteiger partial charge in [0.1, 0.15) is 13.2 Å². The van der Waals surface area contributed by atoms with Crippen molar-refractivity contribution in [1.29, 1.82) is 0 Å². The van der Waals surface area contributed by atoms with Crippen LogP contribution in [0.5, 0.6) is 23.0 Å². The number of halogens is 6. The van der Waals surface area contributed by atoms with Gasteiger partial charge in [-0.15, -0.1) is 0 Å². The third-order valence-corrected chi connectivity index (χ3v) is 7.98. The van der Waals surface area contributed by atoms with E-state index in [9.17, 15) is 36.2 Å². The highest BCUT2D eigenvalue weighted by Crippen LogP contribution is 2.34. The van der Waals surface area contributed by atoms with Crippen LogP contribution in [0.1, 0.15) is 34.8 Å². The zero-order valence-electron chi connectivity index (χ0n) is 27.6. The third-order valence-electron chi connectivity index (χ3n) is 7.98. The molecule has 1 amide bonds. The molecular formula is C35H41F6N3O6. The number of benzene rings is 3. The van der Waals surface area contributed by atoms with Crippen LogP contribution in [0.3, 0.4) is 0 Å². The van der Waals surface area contributed by atoms with Gasteiger partial charge in [-0.1, -0.05) is 30.3 Å². The number of rotatable bonds is 19. The Morgan fingerprint density at radius 2 is 1.36 bits per heavy atom. The van der Waals surface area contributed by atoms with Gasteiger partial charge in [0.05, 0.1) is 11.3 Å². The number of anilines is 1. The summed E-state index contributed by atoms with van der Waals surface area (Å²) < 4.78 is 98.3. The van der Waals surface area contributed by atoms with Crippen LogP contribution in [0.4, 0.5) is 32.0 Å². The van der Waals surface area contributed by atoms with Gasteiger partial charge < -0.3 is 34.7 Å². The lowest BCUT2D eigenvalue weighted by molar-refractivity contribution is -0.154. The molecule has 1 aliphatic rings. The van der Waals surface area contributed by atoms with E-state index in [2.05, 4.69) is 0 Å². The van der Waals surface area contributed by atoms with E-state index in [0.717, 1.165) is 16.8 Å². The van der Waals surface area contributed by atoms with Gasteiger partial charge in [0.15, 0.2) is 36.2 Å². The number of carbonyl (C=O) groups is 1. The van der Waals surface area contributed by atoms with Gasteiger partial charge in [-0.2, -0.15) is 26.3 Å². The molecule has 0 fully saturated rings. The molecule has 274 valence electrons. The maximum absolute atomic E-state index is 12.8. The fourth-order valence-corrected chi connectivity index (χ4v) is 5.75. The largest absolute Gasteiger partial charge is 0.488 e. The molecule has 1 atom stereocenters. The number of para-hydroxylation sites is 4. The topological polar surface area (TPSA) is 107 Å². The Balaban J connectivity index is 1.49. The Bertz CT molecular complexity index is 1490. The summed E-state index contributed by atoms with van der Waals surface area (Å²) in [4.78, 5) is 16.6. The second kappa shape index (κ2) is 17.5. The number of aliphatic hydroxyl groups excluding tert-OH is 1. The zero-order chi connectivity index (χ0) is 36.3. The number of carbonyl (C=O) groups excluding carboxylic acids is 1. The number of ether oxygens (including phenoxy) is 4. The number of hydrogen-bond acceptors (Lipinski definition) is 8. The first-order valence-electron chi connectivity index (χ1n) is 16.1. The molecule has 0 spiro atoms. The lowest BCUT2D eigenvalue weighted by Crippen LogP contribution is -2.40. The van der Waals surface area contributed by atoms with Gasteiger partial charge >= 0.3 is 12.4 Å². The van der Waals surface area contributed by atoms with Crippen LogP contribution < -0.4 is 29.6 Å². The van der Waals surface area contributed by atoms with Crippen LogP contribution in [0.25, 0.3) is 0 Å². The first kappa shape index (κ1) is 38.4. The van der Waals surface area contributed by atoms with E-state index in [1.165, 1.54) is 36.4 Å². The number of hydrogen-bond donors (Lipinski definition) is 2. The van der Waals surface area contributed by atoms with Crippen LogP contribution in [0.2, 0.25) is 0 Å². The van der Waals surface area contributed by atoms with Crippen molar-refractivity contribution < 1.29 is 55.2 Å². The second-order valence-electron chi connectivity index (χ2n) is 11.8. The highest BCUT2D eigenvalue weighted by atomic mass is 19.4. The summed E-state index contributed by atoms with van der Waals surface area (Å²) in [7, 11) is 0. The van der Waals surface area contributed by atoms with Crippen molar-refractivity contribution in [2.75, 3.05) is 64.1 Å². The molecule has 0 saturated carbocycles. The number of nitrogens with zero attached hydrogens (tertiary/aromatic N) is 2. The molecule has 0 radical (unpaired) electrons. The molecule has 0 aromatic heterocycles. The Labute approximate surface area is 286 Å². The van der Waals surface area contributed by atoms with Crippen molar-refractivity contribution in [1.82, 2.24) is 4.90 Å². The molecule has 9 nitrogen and oxygen atoms in total. The number of primary amides is 1. The molecule has 0 unspecified atom stereocenters. The molecule has 3 aromatic carbocycles. The van der Waals surface area contributed by atoms with Crippen molar-refractivity contribution in [2.45, 2.75) is 44.6 Å². The summed E-state index contributed by atoms with van der Waals surface area (Å²) in [5.74, 6) is -0.427. The van der Waals surface area contributed by atoms with Gasteiger partial charge in [0, 0.05) is 38.8 Å². The van der Waals surface area contributed by atoms with E-state index in [0.29, 0.717) is 37.9 Å². The molecular weight excluding hydrogens is 672 g/mol. The molecule has 4 rings (SSSR count). The number of amides is 1. The monoisotopic (exact) mass is 713 g/mol. The van der Waals surface area contributed by atoms with Crippen molar-refractivity contribution >= 4 is 11.6 Å². The van der Waals surface area contributed by atoms with Crippen LogP contribution in [0, 0.1) is 0 Å². The maximum atomic E-state index is 12.8. The lowest BCUT2D eigenvalue weighted by atomic mass is 9.97. The zero-order valence-corrected chi connectivity index (χ0v) is 27.6. The minimum atomic E-state index is -4.53. The van der Waals surface area contributed by atoms with E-state index in [-0.39, 0.29) is 62.0 Å². The molecule has 15 heteroatoms. The van der Waals surface area contributed by atoms with E-state index < -0.39 is 31.5 Å². The lowest BCUT2D eigenvalue weighted by Gasteiger charge is -2.30. The minimum Gasteiger partial charge on any atom is -0.488 e. The highest BCUT2D eigenvalue weighted by molar-refractivity contribution is 6.00. The number of fused-ring (bicyclic) bond motifs is 1. The number of aliphatic hydroxyl groups is 1. The van der Waals surface area contributed by atoms with E-state index >= 15 is 0 Å². The smallest absolute Gasteiger partial charge is 0.422 e. The molecule has 1 heterocycles. The average Bonchev–Trinajstić information content (AvgIpc) is 3.47. The Kier molecular flexibility index (Phi) is 13.5. The Morgan fingerprint density at radius 1 is 0.860 bits per heavy atom. The molecule has 1 aliphatic heterocycles. The van der Waals surface area contributed by atoms with Crippen LogP contribution in [-0.2, 0) is 12.8 Å². The quantitative estimate of drug-likeness (QED) is 0.150. The molecule has 0 aliphatic carbocycles. The maximum Gasteiger partial charge on any atom is 0.422 e. The minimum absolute atomic E-state index is 0.0228. The number of nitrogens with two attached hydrogens (primary N) is 1. The van der Waals surface area contributed by atoms with E-state index in [4.69, 9.17) is 24.7 Å². The fraction of sp³-hybridized carbons (Fsp3) is 0.457. The molecule has 50 heavy (non-hydrogen) atoms. The molecule has 0 saturated heterocycles. The highest BCUT2D eigenvalue weighted by Gasteiger charge is 2.30. The summed E-state index contributed by atoms with van der Waals surface area (Å²) in [5.41, 5.74) is 8.80. The van der Waals surface area contributed by atoms with Gasteiger partial charge in [-0.05, 0) is 67.6 Å². The first-order valence-corrected chi connectivity index (χ1v) is 16.1. The molecule has 0 bridgehead atoms. The predicted molar refractivity (Wildman–Crippen MR) is 174 cm³/mol. The van der Waals surface area contributed by atoms with Crippen LogP contribution in [-0.4, -0.2) is 93.5 Å². The summed E-state index contributed by atoms with van der Waals surface area (Å²) in [6.45, 7) is 0.974. The normalized spacial score (nSPS) is 13.7. The summed E-state index contributed by atoms with van der Waals surface area (Å²) in [6.07, 6.45) is -7.33. The van der Waals surface area contributed by atoms with Gasteiger partial charge in [0.2, 0.25) is 0 Å². The standard InChI is InChI=1S/C35H41F6N3O6/c1-24(19-25-20-26-11-13-44(12-6-16-45)32(26)27(21-25)33(42)46)43(14-17-47-28-7-2-4-9-30(28)49-22-34(36,37)38)15-18-48-29-8-3-5-10-31(29)50-23-35(39,40)41/h2-5,7-10,20-21,24,45H,6,11-19,22-23H2,1H3,(H2,42,46)/t24-/m1/s1. The van der Waals surface area contributed by atoms with Crippen LogP contribution >= 0.6 is 0 Å².